The highest BCUT2D eigenvalue weighted by Crippen LogP contribution is 2.24. The molecule has 1 N–H and O–H groups in total. The average molecular weight is 189 g/mol. The average Bonchev–Trinajstić information content (AvgIpc) is 2.63. The Hall–Kier alpha value is -0.820. The van der Waals surface area contributed by atoms with Crippen LogP contribution >= 0.6 is 0 Å². The van der Waals surface area contributed by atoms with Crippen molar-refractivity contribution in [1.29, 1.82) is 0 Å². The number of benzene rings is 1. The maximum atomic E-state index is 3.63. The predicted octanol–water partition coefficient (Wildman–Crippen LogP) is 2.96. The lowest BCUT2D eigenvalue weighted by Gasteiger charge is -2.11. The summed E-state index contributed by atoms with van der Waals surface area (Å²) in [4.78, 5) is 0. The second-order valence-corrected chi connectivity index (χ2v) is 4.48. The fraction of sp³-hybridized carbons (Fsp3) is 0.538. The molecule has 0 aliphatic heterocycles. The molecule has 2 rings (SSSR count). The Bertz CT molecular complexity index is 268. The molecule has 1 aliphatic carbocycles. The molecule has 1 aliphatic rings. The summed E-state index contributed by atoms with van der Waals surface area (Å²) in [5, 5.41) is 3.63. The van der Waals surface area contributed by atoms with E-state index in [1.165, 1.54) is 24.8 Å². The lowest BCUT2D eigenvalue weighted by molar-refractivity contribution is 0.502. The molecule has 14 heavy (non-hydrogen) atoms. The first-order valence-corrected chi connectivity index (χ1v) is 5.62. The van der Waals surface area contributed by atoms with Crippen LogP contribution in [0.15, 0.2) is 30.3 Å². The summed E-state index contributed by atoms with van der Waals surface area (Å²) in [7, 11) is 0. The molecule has 1 nitrogen and oxygen atoms in total. The molecule has 0 spiro atoms. The summed E-state index contributed by atoms with van der Waals surface area (Å²) in [5.74, 6) is 0.920. The topological polar surface area (TPSA) is 12.0 Å². The first-order chi connectivity index (χ1) is 6.84. The molecular formula is C13H19N. The molecule has 0 saturated heterocycles. The number of rotatable bonds is 3. The van der Waals surface area contributed by atoms with Crippen LogP contribution in [0.3, 0.4) is 0 Å². The standard InChI is InChI=1S/C13H19N/c1-11-7-8-13(9-11)14-10-12-5-3-2-4-6-12/h2-6,11,13-14H,7-10H2,1H3/t11-,13-/m0/s1. The highest BCUT2D eigenvalue weighted by molar-refractivity contribution is 5.14. The minimum atomic E-state index is 0.755. The van der Waals surface area contributed by atoms with Gasteiger partial charge in [0.1, 0.15) is 0 Å². The third kappa shape index (κ3) is 2.58. The number of hydrogen-bond acceptors (Lipinski definition) is 1. The lowest BCUT2D eigenvalue weighted by Crippen LogP contribution is -2.25. The van der Waals surface area contributed by atoms with Gasteiger partial charge in [-0.3, -0.25) is 0 Å². The fourth-order valence-electron chi connectivity index (χ4n) is 2.25. The van der Waals surface area contributed by atoms with Crippen molar-refractivity contribution in [3.8, 4) is 0 Å². The van der Waals surface area contributed by atoms with Crippen molar-refractivity contribution in [2.45, 2.75) is 38.8 Å². The van der Waals surface area contributed by atoms with Crippen LogP contribution in [0.25, 0.3) is 0 Å². The Morgan fingerprint density at radius 2 is 2.00 bits per heavy atom. The van der Waals surface area contributed by atoms with Gasteiger partial charge in [-0.1, -0.05) is 37.3 Å². The van der Waals surface area contributed by atoms with E-state index in [4.69, 9.17) is 0 Å². The Morgan fingerprint density at radius 3 is 2.64 bits per heavy atom. The third-order valence-electron chi connectivity index (χ3n) is 3.13. The maximum absolute atomic E-state index is 3.63. The van der Waals surface area contributed by atoms with Crippen molar-refractivity contribution in [3.63, 3.8) is 0 Å². The molecular weight excluding hydrogens is 170 g/mol. The molecule has 1 heteroatoms. The minimum absolute atomic E-state index is 0.755. The van der Waals surface area contributed by atoms with Crippen molar-refractivity contribution in [2.75, 3.05) is 0 Å². The molecule has 2 atom stereocenters. The molecule has 0 radical (unpaired) electrons. The molecule has 0 bridgehead atoms. The fourth-order valence-corrected chi connectivity index (χ4v) is 2.25. The van der Waals surface area contributed by atoms with Gasteiger partial charge >= 0.3 is 0 Å². The van der Waals surface area contributed by atoms with Crippen molar-refractivity contribution in [2.24, 2.45) is 5.92 Å². The van der Waals surface area contributed by atoms with E-state index in [1.54, 1.807) is 0 Å². The monoisotopic (exact) mass is 189 g/mol. The molecule has 0 aromatic heterocycles. The first kappa shape index (κ1) is 9.72. The van der Waals surface area contributed by atoms with Crippen LogP contribution in [0.5, 0.6) is 0 Å². The van der Waals surface area contributed by atoms with Gasteiger partial charge in [-0.15, -0.1) is 0 Å². The van der Waals surface area contributed by atoms with Crippen molar-refractivity contribution in [1.82, 2.24) is 5.32 Å². The Morgan fingerprint density at radius 1 is 1.21 bits per heavy atom. The van der Waals surface area contributed by atoms with Crippen LogP contribution in [-0.2, 0) is 6.54 Å². The lowest BCUT2D eigenvalue weighted by atomic mass is 10.1. The molecule has 1 fully saturated rings. The first-order valence-electron chi connectivity index (χ1n) is 5.62. The zero-order chi connectivity index (χ0) is 9.80. The summed E-state index contributed by atoms with van der Waals surface area (Å²) < 4.78 is 0. The van der Waals surface area contributed by atoms with Gasteiger partial charge in [-0.05, 0) is 30.7 Å². The van der Waals surface area contributed by atoms with Gasteiger partial charge in [0.25, 0.3) is 0 Å². The normalized spacial score (nSPS) is 26.6. The highest BCUT2D eigenvalue weighted by atomic mass is 14.9. The summed E-state index contributed by atoms with van der Waals surface area (Å²) in [6, 6.07) is 11.4. The second kappa shape index (κ2) is 4.61. The largest absolute Gasteiger partial charge is 0.310 e. The molecule has 1 aromatic rings. The molecule has 0 amide bonds. The second-order valence-electron chi connectivity index (χ2n) is 4.48. The van der Waals surface area contributed by atoms with Crippen LogP contribution in [0.1, 0.15) is 31.7 Å². The van der Waals surface area contributed by atoms with Crippen molar-refractivity contribution >= 4 is 0 Å². The van der Waals surface area contributed by atoms with E-state index in [0.29, 0.717) is 0 Å². The van der Waals surface area contributed by atoms with Gasteiger partial charge in [0.15, 0.2) is 0 Å². The maximum Gasteiger partial charge on any atom is 0.0208 e. The Labute approximate surface area is 86.5 Å². The van der Waals surface area contributed by atoms with Crippen LogP contribution in [0.4, 0.5) is 0 Å². The van der Waals surface area contributed by atoms with E-state index in [2.05, 4.69) is 42.6 Å². The van der Waals surface area contributed by atoms with Gasteiger partial charge in [0.2, 0.25) is 0 Å². The molecule has 0 heterocycles. The van der Waals surface area contributed by atoms with Crippen LogP contribution < -0.4 is 5.32 Å². The van der Waals surface area contributed by atoms with Crippen molar-refractivity contribution < 1.29 is 0 Å². The van der Waals surface area contributed by atoms with Crippen LogP contribution in [-0.4, -0.2) is 6.04 Å². The summed E-state index contributed by atoms with van der Waals surface area (Å²) in [6.07, 6.45) is 4.10. The smallest absolute Gasteiger partial charge is 0.0208 e. The van der Waals surface area contributed by atoms with E-state index in [0.717, 1.165) is 18.5 Å². The van der Waals surface area contributed by atoms with Gasteiger partial charge in [-0.25, -0.2) is 0 Å². The van der Waals surface area contributed by atoms with Gasteiger partial charge in [-0.2, -0.15) is 0 Å². The van der Waals surface area contributed by atoms with E-state index in [1.807, 2.05) is 0 Å². The quantitative estimate of drug-likeness (QED) is 0.771. The molecule has 0 unspecified atom stereocenters. The van der Waals surface area contributed by atoms with Gasteiger partial charge < -0.3 is 5.32 Å². The Balaban J connectivity index is 1.78. The number of nitrogens with one attached hydrogen (secondary N) is 1. The molecule has 1 aromatic carbocycles. The van der Waals surface area contributed by atoms with Crippen LogP contribution in [0.2, 0.25) is 0 Å². The van der Waals surface area contributed by atoms with Gasteiger partial charge in [0, 0.05) is 12.6 Å². The van der Waals surface area contributed by atoms with E-state index in [9.17, 15) is 0 Å². The van der Waals surface area contributed by atoms with E-state index < -0.39 is 0 Å². The summed E-state index contributed by atoms with van der Waals surface area (Å²) >= 11 is 0. The molecule has 76 valence electrons. The van der Waals surface area contributed by atoms with Crippen LogP contribution in [0, 0.1) is 5.92 Å². The molecule has 1 saturated carbocycles. The summed E-state index contributed by atoms with van der Waals surface area (Å²) in [6.45, 7) is 3.38. The zero-order valence-electron chi connectivity index (χ0n) is 8.87. The minimum Gasteiger partial charge on any atom is -0.310 e. The van der Waals surface area contributed by atoms with E-state index in [-0.39, 0.29) is 0 Å². The Kier molecular flexibility index (Phi) is 3.20. The summed E-state index contributed by atoms with van der Waals surface area (Å²) in [5.41, 5.74) is 1.40. The predicted molar refractivity (Wildman–Crippen MR) is 60.1 cm³/mol. The highest BCUT2D eigenvalue weighted by Gasteiger charge is 2.20. The third-order valence-corrected chi connectivity index (χ3v) is 3.13. The number of hydrogen-bond donors (Lipinski definition) is 1. The zero-order valence-corrected chi connectivity index (χ0v) is 8.87. The van der Waals surface area contributed by atoms with E-state index >= 15 is 0 Å². The van der Waals surface area contributed by atoms with Gasteiger partial charge in [0.05, 0.1) is 0 Å². The SMILES string of the molecule is C[C@H]1CC[C@H](NCc2ccccc2)C1. The van der Waals surface area contributed by atoms with Crippen molar-refractivity contribution in [3.05, 3.63) is 35.9 Å².